The van der Waals surface area contributed by atoms with E-state index in [1.807, 2.05) is 55.5 Å². The number of ether oxygens (including phenoxy) is 1. The first kappa shape index (κ1) is 23.6. The van der Waals surface area contributed by atoms with Crippen molar-refractivity contribution < 1.29 is 9.53 Å². The van der Waals surface area contributed by atoms with Crippen molar-refractivity contribution in [3.05, 3.63) is 82.5 Å². The van der Waals surface area contributed by atoms with Crippen molar-refractivity contribution in [1.82, 2.24) is 19.2 Å². The lowest BCUT2D eigenvalue weighted by Gasteiger charge is -2.12. The summed E-state index contributed by atoms with van der Waals surface area (Å²) in [6.07, 6.45) is 1.64. The Bertz CT molecular complexity index is 1360. The zero-order chi connectivity index (χ0) is 24.1. The van der Waals surface area contributed by atoms with Crippen LogP contribution in [0.25, 0.3) is 5.78 Å². The molecule has 4 rings (SSSR count). The largest absolute Gasteiger partial charge is 0.484 e. The monoisotopic (exact) mass is 477 g/mol. The van der Waals surface area contributed by atoms with Crippen molar-refractivity contribution in [1.29, 1.82) is 0 Å². The Balaban J connectivity index is 1.41. The molecule has 0 saturated carbocycles. The molecule has 0 unspecified atom stereocenters. The Kier molecular flexibility index (Phi) is 7.32. The van der Waals surface area contributed by atoms with E-state index in [4.69, 9.17) is 4.74 Å². The molecule has 1 N–H and O–H groups in total. The molecule has 0 atom stereocenters. The second-order valence-electron chi connectivity index (χ2n) is 8.40. The summed E-state index contributed by atoms with van der Waals surface area (Å²) in [5.74, 6) is 1.65. The van der Waals surface area contributed by atoms with Crippen molar-refractivity contribution in [2.45, 2.75) is 38.0 Å². The molecular formula is C25H27N5O3S. The van der Waals surface area contributed by atoms with Gasteiger partial charge < -0.3 is 10.1 Å². The van der Waals surface area contributed by atoms with E-state index in [0.29, 0.717) is 41.1 Å². The van der Waals surface area contributed by atoms with Crippen LogP contribution in [0.2, 0.25) is 0 Å². The molecule has 2 aromatic heterocycles. The zero-order valence-electron chi connectivity index (χ0n) is 19.4. The number of hydrogen-bond acceptors (Lipinski definition) is 6. The van der Waals surface area contributed by atoms with E-state index in [1.54, 1.807) is 11.0 Å². The van der Waals surface area contributed by atoms with Gasteiger partial charge >= 0.3 is 0 Å². The summed E-state index contributed by atoms with van der Waals surface area (Å²) < 4.78 is 8.88. The van der Waals surface area contributed by atoms with Gasteiger partial charge in [-0.15, -0.1) is 11.8 Å². The number of rotatable bonds is 9. The van der Waals surface area contributed by atoms with Gasteiger partial charge in [-0.1, -0.05) is 38.1 Å². The lowest BCUT2D eigenvalue weighted by molar-refractivity contribution is -0.118. The fourth-order valence-corrected chi connectivity index (χ4v) is 4.37. The first-order chi connectivity index (χ1) is 16.4. The summed E-state index contributed by atoms with van der Waals surface area (Å²) in [4.78, 5) is 34.8. The SMILES string of the molecule is Cc1cccc(OCC(=O)Nc2ccccc2SCc2cc(=O)n3c(ncn3CC(C)C)n2)c1. The normalized spacial score (nSPS) is 11.2. The van der Waals surface area contributed by atoms with Gasteiger partial charge in [-0.25, -0.2) is 4.98 Å². The fourth-order valence-electron chi connectivity index (χ4n) is 3.47. The molecule has 8 nitrogen and oxygen atoms in total. The summed E-state index contributed by atoms with van der Waals surface area (Å²) in [7, 11) is 0. The Hall–Kier alpha value is -3.59. The van der Waals surface area contributed by atoms with Gasteiger partial charge in [-0.05, 0) is 42.7 Å². The second kappa shape index (κ2) is 10.6. The summed E-state index contributed by atoms with van der Waals surface area (Å²) in [5, 5.41) is 2.91. The summed E-state index contributed by atoms with van der Waals surface area (Å²) in [6.45, 7) is 6.74. The van der Waals surface area contributed by atoms with Gasteiger partial charge in [0.2, 0.25) is 0 Å². The highest BCUT2D eigenvalue weighted by atomic mass is 32.2. The maximum absolute atomic E-state index is 12.7. The molecular weight excluding hydrogens is 450 g/mol. The third kappa shape index (κ3) is 5.85. The van der Waals surface area contributed by atoms with Gasteiger partial charge in [0.15, 0.2) is 6.61 Å². The number of nitrogens with zero attached hydrogens (tertiary/aromatic N) is 4. The number of para-hydroxylation sites is 1. The molecule has 9 heteroatoms. The van der Waals surface area contributed by atoms with E-state index in [-0.39, 0.29) is 18.1 Å². The molecule has 4 aromatic rings. The standard InChI is InChI=1S/C25H27N5O3S/c1-17(2)13-29-16-26-25-27-19(12-24(32)30(25)29)15-34-22-10-5-4-9-21(22)28-23(31)14-33-20-8-6-7-18(3)11-20/h4-12,16-17H,13-15H2,1-3H3,(H,28,31). The average molecular weight is 478 g/mol. The number of fused-ring (bicyclic) bond motifs is 1. The van der Waals surface area contributed by atoms with Crippen molar-refractivity contribution in [2.75, 3.05) is 11.9 Å². The highest BCUT2D eigenvalue weighted by molar-refractivity contribution is 7.98. The van der Waals surface area contributed by atoms with Gasteiger partial charge in [0.1, 0.15) is 12.1 Å². The molecule has 1 amide bonds. The number of carbonyl (C=O) groups is 1. The quantitative estimate of drug-likeness (QED) is 0.364. The third-order valence-corrected chi connectivity index (χ3v) is 6.05. The van der Waals surface area contributed by atoms with E-state index in [1.165, 1.54) is 22.3 Å². The second-order valence-corrected chi connectivity index (χ2v) is 9.41. The molecule has 0 aliphatic rings. The number of nitrogens with one attached hydrogen (secondary N) is 1. The Morgan fingerprint density at radius 1 is 1.15 bits per heavy atom. The maximum Gasteiger partial charge on any atom is 0.274 e. The molecule has 0 saturated heterocycles. The first-order valence-corrected chi connectivity index (χ1v) is 12.0. The molecule has 2 aromatic carbocycles. The average Bonchev–Trinajstić information content (AvgIpc) is 3.19. The van der Waals surface area contributed by atoms with Crippen LogP contribution in [0.5, 0.6) is 5.75 Å². The number of hydrogen-bond donors (Lipinski definition) is 1. The van der Waals surface area contributed by atoms with E-state index < -0.39 is 0 Å². The van der Waals surface area contributed by atoms with Crippen molar-refractivity contribution in [3.63, 3.8) is 0 Å². The highest BCUT2D eigenvalue weighted by Crippen LogP contribution is 2.29. The number of aryl methyl sites for hydroxylation is 1. The summed E-state index contributed by atoms with van der Waals surface area (Å²) in [6, 6.07) is 16.6. The lowest BCUT2D eigenvalue weighted by Crippen LogP contribution is -2.22. The minimum Gasteiger partial charge on any atom is -0.484 e. The maximum atomic E-state index is 12.7. The number of benzene rings is 2. The van der Waals surface area contributed by atoms with Crippen LogP contribution >= 0.6 is 11.8 Å². The van der Waals surface area contributed by atoms with Crippen LogP contribution in [-0.2, 0) is 17.1 Å². The number of carbonyl (C=O) groups excluding carboxylic acids is 1. The Labute approximate surface area is 202 Å². The van der Waals surface area contributed by atoms with Gasteiger partial charge in [0.25, 0.3) is 17.2 Å². The number of thioether (sulfide) groups is 1. The van der Waals surface area contributed by atoms with Gasteiger partial charge in [0, 0.05) is 23.3 Å². The fraction of sp³-hybridized carbons (Fsp3) is 0.280. The van der Waals surface area contributed by atoms with Crippen LogP contribution in [0.4, 0.5) is 5.69 Å². The Morgan fingerprint density at radius 3 is 2.76 bits per heavy atom. The van der Waals surface area contributed by atoms with Crippen molar-refractivity contribution in [3.8, 4) is 5.75 Å². The molecule has 0 radical (unpaired) electrons. The number of aromatic nitrogens is 4. The van der Waals surface area contributed by atoms with Crippen LogP contribution in [0.1, 0.15) is 25.1 Å². The van der Waals surface area contributed by atoms with Crippen LogP contribution < -0.4 is 15.6 Å². The lowest BCUT2D eigenvalue weighted by atomic mass is 10.2. The predicted molar refractivity (Wildman–Crippen MR) is 133 cm³/mol. The number of amides is 1. The highest BCUT2D eigenvalue weighted by Gasteiger charge is 2.12. The molecule has 0 aliphatic carbocycles. The first-order valence-electron chi connectivity index (χ1n) is 11.0. The van der Waals surface area contributed by atoms with Gasteiger partial charge in [-0.3, -0.25) is 14.3 Å². The minimum absolute atomic E-state index is 0.0868. The van der Waals surface area contributed by atoms with E-state index in [0.717, 1.165) is 10.5 Å². The molecule has 0 aliphatic heterocycles. The van der Waals surface area contributed by atoms with E-state index >= 15 is 0 Å². The molecule has 0 fully saturated rings. The molecule has 0 bridgehead atoms. The van der Waals surface area contributed by atoms with E-state index in [9.17, 15) is 9.59 Å². The van der Waals surface area contributed by atoms with Crippen LogP contribution in [0.15, 0.2) is 70.6 Å². The molecule has 176 valence electrons. The van der Waals surface area contributed by atoms with Gasteiger partial charge in [0.05, 0.1) is 11.4 Å². The summed E-state index contributed by atoms with van der Waals surface area (Å²) >= 11 is 1.49. The van der Waals surface area contributed by atoms with Crippen LogP contribution in [0, 0.1) is 12.8 Å². The van der Waals surface area contributed by atoms with Gasteiger partial charge in [-0.2, -0.15) is 9.50 Å². The van der Waals surface area contributed by atoms with Crippen LogP contribution in [-0.4, -0.2) is 31.7 Å². The van der Waals surface area contributed by atoms with Crippen molar-refractivity contribution in [2.24, 2.45) is 5.92 Å². The number of anilines is 1. The van der Waals surface area contributed by atoms with Crippen molar-refractivity contribution >= 4 is 29.1 Å². The van der Waals surface area contributed by atoms with E-state index in [2.05, 4.69) is 29.1 Å². The predicted octanol–water partition coefficient (Wildman–Crippen LogP) is 4.17. The topological polar surface area (TPSA) is 90.5 Å². The Morgan fingerprint density at radius 2 is 1.97 bits per heavy atom. The summed E-state index contributed by atoms with van der Waals surface area (Å²) in [5.41, 5.74) is 2.23. The smallest absolute Gasteiger partial charge is 0.274 e. The molecule has 0 spiro atoms. The van der Waals surface area contributed by atoms with Crippen LogP contribution in [0.3, 0.4) is 0 Å². The third-order valence-electron chi connectivity index (χ3n) is 4.94. The molecule has 2 heterocycles. The zero-order valence-corrected chi connectivity index (χ0v) is 20.2. The molecule has 34 heavy (non-hydrogen) atoms. The minimum atomic E-state index is -0.247.